The Morgan fingerprint density at radius 1 is 0.947 bits per heavy atom. The van der Waals surface area contributed by atoms with Crippen molar-refractivity contribution in [2.24, 2.45) is 0 Å². The number of hydrogen-bond donors (Lipinski definition) is 1. The fraction of sp³-hybridized carbons (Fsp3) is 0.167. The van der Waals surface area contributed by atoms with Crippen molar-refractivity contribution >= 4 is 5.71 Å². The summed E-state index contributed by atoms with van der Waals surface area (Å²) in [5.74, 6) is 0. The van der Waals surface area contributed by atoms with Gasteiger partial charge in [0.05, 0.1) is 5.71 Å². The summed E-state index contributed by atoms with van der Waals surface area (Å²) in [5, 5.41) is 8.28. The van der Waals surface area contributed by atoms with E-state index >= 15 is 0 Å². The molecule has 2 aromatic rings. The highest BCUT2D eigenvalue weighted by atomic mass is 14.4. The van der Waals surface area contributed by atoms with Crippen molar-refractivity contribution in [1.82, 2.24) is 0 Å². The molecular formula is C18H19N. The zero-order valence-corrected chi connectivity index (χ0v) is 11.3. The second-order valence-electron chi connectivity index (χ2n) is 4.51. The second kappa shape index (κ2) is 6.69. The van der Waals surface area contributed by atoms with Crippen molar-refractivity contribution in [2.75, 3.05) is 0 Å². The number of nitrogens with one attached hydrogen (secondary N) is 1. The zero-order valence-electron chi connectivity index (χ0n) is 11.3. The highest BCUT2D eigenvalue weighted by Gasteiger charge is 2.05. The molecule has 0 spiro atoms. The molecule has 0 amide bonds. The summed E-state index contributed by atoms with van der Waals surface area (Å²) in [6.07, 6.45) is 3.95. The van der Waals surface area contributed by atoms with Crippen LogP contribution in [0.25, 0.3) is 0 Å². The maximum atomic E-state index is 8.28. The normalized spacial score (nSPS) is 11.3. The van der Waals surface area contributed by atoms with Gasteiger partial charge in [-0.1, -0.05) is 73.7 Å². The first-order chi connectivity index (χ1) is 9.31. The van der Waals surface area contributed by atoms with E-state index in [2.05, 4.69) is 37.3 Å². The minimum Gasteiger partial charge on any atom is -0.300 e. The van der Waals surface area contributed by atoms with Gasteiger partial charge in [-0.3, -0.25) is 5.41 Å². The van der Waals surface area contributed by atoms with Crippen LogP contribution in [0.1, 0.15) is 24.5 Å². The Kier molecular flexibility index (Phi) is 4.68. The van der Waals surface area contributed by atoms with E-state index in [-0.39, 0.29) is 0 Å². The van der Waals surface area contributed by atoms with E-state index in [0.29, 0.717) is 5.71 Å². The summed E-state index contributed by atoms with van der Waals surface area (Å²) in [5.41, 5.74) is 4.02. The van der Waals surface area contributed by atoms with E-state index in [1.807, 2.05) is 36.4 Å². The molecule has 0 bridgehead atoms. The van der Waals surface area contributed by atoms with Crippen molar-refractivity contribution in [2.45, 2.75) is 19.8 Å². The van der Waals surface area contributed by atoms with Crippen molar-refractivity contribution < 1.29 is 0 Å². The molecule has 96 valence electrons. The molecule has 2 aromatic carbocycles. The quantitative estimate of drug-likeness (QED) is 0.747. The molecule has 0 heterocycles. The summed E-state index contributed by atoms with van der Waals surface area (Å²) in [6.45, 7) is 2.11. The van der Waals surface area contributed by atoms with Gasteiger partial charge >= 0.3 is 0 Å². The maximum absolute atomic E-state index is 8.28. The highest BCUT2D eigenvalue weighted by molar-refractivity contribution is 6.10. The molecule has 0 aliphatic rings. The lowest BCUT2D eigenvalue weighted by Gasteiger charge is -2.07. The van der Waals surface area contributed by atoms with Gasteiger partial charge in [-0.05, 0) is 29.5 Å². The lowest BCUT2D eigenvalue weighted by atomic mass is 9.98. The molecule has 0 fully saturated rings. The zero-order chi connectivity index (χ0) is 13.5. The molecule has 1 nitrogen and oxygen atoms in total. The van der Waals surface area contributed by atoms with Gasteiger partial charge in [-0.15, -0.1) is 0 Å². The van der Waals surface area contributed by atoms with E-state index in [4.69, 9.17) is 5.41 Å². The second-order valence-corrected chi connectivity index (χ2v) is 4.51. The van der Waals surface area contributed by atoms with Crippen LogP contribution in [0, 0.1) is 5.41 Å². The summed E-state index contributed by atoms with van der Waals surface area (Å²) in [7, 11) is 0. The summed E-state index contributed by atoms with van der Waals surface area (Å²) in [4.78, 5) is 0. The van der Waals surface area contributed by atoms with Gasteiger partial charge in [0.15, 0.2) is 0 Å². The fourth-order valence-electron chi connectivity index (χ4n) is 2.07. The van der Waals surface area contributed by atoms with Gasteiger partial charge in [0.2, 0.25) is 0 Å². The molecule has 1 heteroatoms. The van der Waals surface area contributed by atoms with E-state index in [0.717, 1.165) is 24.0 Å². The molecule has 0 radical (unpaired) electrons. The van der Waals surface area contributed by atoms with Gasteiger partial charge in [0.25, 0.3) is 0 Å². The lowest BCUT2D eigenvalue weighted by molar-refractivity contribution is 1.12. The van der Waals surface area contributed by atoms with Crippen molar-refractivity contribution in [3.8, 4) is 0 Å². The summed E-state index contributed by atoms with van der Waals surface area (Å²) >= 11 is 0. The Hall–Kier alpha value is -2.15. The van der Waals surface area contributed by atoms with Gasteiger partial charge in [0, 0.05) is 0 Å². The first-order valence-electron chi connectivity index (χ1n) is 6.68. The van der Waals surface area contributed by atoms with Crippen LogP contribution in [0.15, 0.2) is 72.3 Å². The van der Waals surface area contributed by atoms with Crippen LogP contribution in [0.3, 0.4) is 0 Å². The maximum Gasteiger partial charge on any atom is 0.0640 e. The Morgan fingerprint density at radius 2 is 1.53 bits per heavy atom. The molecule has 2 rings (SSSR count). The van der Waals surface area contributed by atoms with E-state index in [9.17, 15) is 0 Å². The summed E-state index contributed by atoms with van der Waals surface area (Å²) in [6, 6.07) is 20.3. The molecule has 0 saturated heterocycles. The molecule has 0 aliphatic carbocycles. The largest absolute Gasteiger partial charge is 0.300 e. The third kappa shape index (κ3) is 3.65. The summed E-state index contributed by atoms with van der Waals surface area (Å²) < 4.78 is 0. The van der Waals surface area contributed by atoms with E-state index in [1.165, 1.54) is 5.56 Å². The van der Waals surface area contributed by atoms with Crippen molar-refractivity contribution in [1.29, 1.82) is 5.41 Å². The first-order valence-corrected chi connectivity index (χ1v) is 6.68. The van der Waals surface area contributed by atoms with Gasteiger partial charge < -0.3 is 0 Å². The van der Waals surface area contributed by atoms with Crippen LogP contribution >= 0.6 is 0 Å². The Labute approximate surface area is 115 Å². The number of hydrogen-bond acceptors (Lipinski definition) is 1. The van der Waals surface area contributed by atoms with Gasteiger partial charge in [-0.25, -0.2) is 0 Å². The van der Waals surface area contributed by atoms with Crippen LogP contribution in [-0.2, 0) is 6.42 Å². The van der Waals surface area contributed by atoms with E-state index in [1.54, 1.807) is 0 Å². The van der Waals surface area contributed by atoms with Crippen LogP contribution in [0.5, 0.6) is 0 Å². The average molecular weight is 249 g/mol. The van der Waals surface area contributed by atoms with Crippen LogP contribution in [-0.4, -0.2) is 5.71 Å². The third-order valence-corrected chi connectivity index (χ3v) is 3.19. The Bertz CT molecular complexity index is 553. The minimum absolute atomic E-state index is 0.638. The molecule has 0 unspecified atom stereocenters. The number of allylic oxidation sites excluding steroid dienone is 2. The topological polar surface area (TPSA) is 23.9 Å². The Morgan fingerprint density at radius 3 is 2.11 bits per heavy atom. The number of rotatable bonds is 5. The van der Waals surface area contributed by atoms with Crippen LogP contribution in [0.2, 0.25) is 0 Å². The monoisotopic (exact) mass is 249 g/mol. The third-order valence-electron chi connectivity index (χ3n) is 3.19. The molecule has 19 heavy (non-hydrogen) atoms. The van der Waals surface area contributed by atoms with Crippen molar-refractivity contribution in [3.05, 3.63) is 83.4 Å². The van der Waals surface area contributed by atoms with Crippen LogP contribution < -0.4 is 0 Å². The smallest absolute Gasteiger partial charge is 0.0640 e. The predicted octanol–water partition coefficient (Wildman–Crippen LogP) is 4.63. The number of benzene rings is 2. The molecule has 0 aliphatic heterocycles. The van der Waals surface area contributed by atoms with Gasteiger partial charge in [-0.2, -0.15) is 0 Å². The molecule has 0 saturated carbocycles. The average Bonchev–Trinajstić information content (AvgIpc) is 2.49. The molecule has 0 aromatic heterocycles. The highest BCUT2D eigenvalue weighted by Crippen LogP contribution is 2.13. The standard InChI is InChI=1S/C18H19N/c1-2-16(14-13-15-9-5-3-6-10-15)18(19)17-11-7-4-8-12-17/h3-12,14,19H,2,13H2,1H3/b16-14-,19-18?. The SMILES string of the molecule is CC/C(=C/Cc1ccccc1)C(=N)c1ccccc1. The van der Waals surface area contributed by atoms with Crippen molar-refractivity contribution in [3.63, 3.8) is 0 Å². The van der Waals surface area contributed by atoms with E-state index < -0.39 is 0 Å². The van der Waals surface area contributed by atoms with Crippen LogP contribution in [0.4, 0.5) is 0 Å². The molecular weight excluding hydrogens is 230 g/mol. The Balaban J connectivity index is 2.14. The predicted molar refractivity (Wildman–Crippen MR) is 81.8 cm³/mol. The lowest BCUT2D eigenvalue weighted by Crippen LogP contribution is -2.03. The minimum atomic E-state index is 0.638. The first kappa shape index (κ1) is 13.3. The fourth-order valence-corrected chi connectivity index (χ4v) is 2.07. The molecule has 0 atom stereocenters. The van der Waals surface area contributed by atoms with Gasteiger partial charge in [0.1, 0.15) is 0 Å². The molecule has 1 N–H and O–H groups in total.